The van der Waals surface area contributed by atoms with E-state index in [0.717, 1.165) is 11.4 Å². The average molecular weight is 677 g/mol. The van der Waals surface area contributed by atoms with Crippen LogP contribution in [0.5, 0.6) is 0 Å². The zero-order valence-electron chi connectivity index (χ0n) is 28.4. The third-order valence-electron chi connectivity index (χ3n) is 7.26. The first-order valence-corrected chi connectivity index (χ1v) is 17.1. The van der Waals surface area contributed by atoms with Gasteiger partial charge in [0.15, 0.2) is 6.73 Å². The SMILES string of the molecule is CSCC[C@H](NC(=O)OCn1nc(C)cc1C)C(=O)N[C@@H](CC(C)C)[C@@H](O)C[C@@H](C)C(=O)N[C@@H](CC(C)C)C(=O)NC(CF)CF. The number of nitrogens with zero attached hydrogens (tertiary/aromatic N) is 2. The molecule has 1 rings (SSSR count). The quantitative estimate of drug-likeness (QED) is 0.133. The summed E-state index contributed by atoms with van der Waals surface area (Å²) in [6.45, 7) is 10.5. The summed E-state index contributed by atoms with van der Waals surface area (Å²) in [6.07, 6.45) is 0.879. The first kappa shape index (κ1) is 41.1. The monoisotopic (exact) mass is 676 g/mol. The number of aromatic nitrogens is 2. The molecule has 0 spiro atoms. The first-order chi connectivity index (χ1) is 21.6. The Morgan fingerprint density at radius 3 is 2.02 bits per heavy atom. The minimum atomic E-state index is -1.29. The summed E-state index contributed by atoms with van der Waals surface area (Å²) in [4.78, 5) is 51.8. The van der Waals surface area contributed by atoms with Crippen LogP contribution in [0.1, 0.15) is 71.7 Å². The van der Waals surface area contributed by atoms with Gasteiger partial charge in [-0.1, -0.05) is 34.6 Å². The molecule has 1 heterocycles. The second kappa shape index (κ2) is 21.0. The summed E-state index contributed by atoms with van der Waals surface area (Å²) in [5.41, 5.74) is 1.60. The number of hydrogen-bond donors (Lipinski definition) is 5. The zero-order valence-corrected chi connectivity index (χ0v) is 29.2. The van der Waals surface area contributed by atoms with Crippen molar-refractivity contribution < 1.29 is 37.8 Å². The second-order valence-corrected chi connectivity index (χ2v) is 13.6. The van der Waals surface area contributed by atoms with Crippen LogP contribution in [0.25, 0.3) is 0 Å². The number of carbonyl (C=O) groups is 4. The van der Waals surface area contributed by atoms with Crippen molar-refractivity contribution in [2.75, 3.05) is 25.4 Å². The third kappa shape index (κ3) is 15.1. The highest BCUT2D eigenvalue weighted by Gasteiger charge is 2.31. The Balaban J connectivity index is 2.93. The van der Waals surface area contributed by atoms with Crippen LogP contribution in [0.2, 0.25) is 0 Å². The highest BCUT2D eigenvalue weighted by atomic mass is 32.2. The largest absolute Gasteiger partial charge is 0.426 e. The number of alkyl halides is 2. The van der Waals surface area contributed by atoms with Gasteiger partial charge < -0.3 is 31.1 Å². The molecule has 0 fully saturated rings. The van der Waals surface area contributed by atoms with Crippen molar-refractivity contribution in [3.63, 3.8) is 0 Å². The van der Waals surface area contributed by atoms with Crippen molar-refractivity contribution in [2.24, 2.45) is 17.8 Å². The van der Waals surface area contributed by atoms with Crippen molar-refractivity contribution in [3.05, 3.63) is 17.5 Å². The van der Waals surface area contributed by atoms with Crippen molar-refractivity contribution in [3.8, 4) is 0 Å². The average Bonchev–Trinajstić information content (AvgIpc) is 3.31. The van der Waals surface area contributed by atoms with Gasteiger partial charge >= 0.3 is 6.09 Å². The van der Waals surface area contributed by atoms with Crippen molar-refractivity contribution >= 4 is 35.6 Å². The molecule has 0 aliphatic rings. The van der Waals surface area contributed by atoms with Gasteiger partial charge in [-0.15, -0.1) is 0 Å². The van der Waals surface area contributed by atoms with Crippen LogP contribution in [-0.2, 0) is 25.9 Å². The van der Waals surface area contributed by atoms with E-state index in [-0.39, 0.29) is 31.4 Å². The Morgan fingerprint density at radius 2 is 1.50 bits per heavy atom. The predicted molar refractivity (Wildman–Crippen MR) is 175 cm³/mol. The molecule has 5 N–H and O–H groups in total. The van der Waals surface area contributed by atoms with Gasteiger partial charge in [-0.05, 0) is 69.4 Å². The lowest BCUT2D eigenvalue weighted by molar-refractivity contribution is -0.132. The summed E-state index contributed by atoms with van der Waals surface area (Å²) in [6, 6.07) is -2.13. The first-order valence-electron chi connectivity index (χ1n) is 15.8. The maximum absolute atomic E-state index is 13.4. The number of nitrogens with one attached hydrogen (secondary N) is 4. The summed E-state index contributed by atoms with van der Waals surface area (Å²) in [5, 5.41) is 25.9. The van der Waals surface area contributed by atoms with Gasteiger partial charge in [0, 0.05) is 11.6 Å². The molecule has 0 radical (unpaired) electrons. The molecule has 46 heavy (non-hydrogen) atoms. The van der Waals surface area contributed by atoms with E-state index in [1.165, 1.54) is 16.4 Å². The molecule has 0 aliphatic carbocycles. The summed E-state index contributed by atoms with van der Waals surface area (Å²) < 4.78 is 32.8. The Morgan fingerprint density at radius 1 is 0.891 bits per heavy atom. The molecule has 0 bridgehead atoms. The fourth-order valence-corrected chi connectivity index (χ4v) is 5.26. The standard InChI is InChI=1S/C31H54F2N6O6S/c1-18(2)11-25(27(40)13-20(5)28(41)36-26(12-19(3)4)30(43)34-23(15-32)16-33)35-29(42)24(9-10-46-8)37-31(44)45-17-39-22(7)14-21(6)38-39/h14,18-20,23-27,40H,9-13,15-17H2,1-8H3,(H,34,43)(H,35,42)(H,36,41)(H,37,44)/t20-,24+,25+,26+,27+/m1/s1. The molecule has 0 saturated carbocycles. The molecular weight excluding hydrogens is 622 g/mol. The molecule has 1 aromatic rings. The van der Waals surface area contributed by atoms with Crippen LogP contribution >= 0.6 is 11.8 Å². The number of hydrogen-bond acceptors (Lipinski definition) is 8. The van der Waals surface area contributed by atoms with Gasteiger partial charge in [0.25, 0.3) is 0 Å². The molecule has 264 valence electrons. The van der Waals surface area contributed by atoms with Gasteiger partial charge in [-0.25, -0.2) is 18.3 Å². The van der Waals surface area contributed by atoms with Crippen LogP contribution in [0.3, 0.4) is 0 Å². The van der Waals surface area contributed by atoms with E-state index in [4.69, 9.17) is 4.74 Å². The third-order valence-corrected chi connectivity index (χ3v) is 7.90. The van der Waals surface area contributed by atoms with Crippen LogP contribution in [-0.4, -0.2) is 94.3 Å². The van der Waals surface area contributed by atoms with Gasteiger partial charge in [0.1, 0.15) is 25.4 Å². The van der Waals surface area contributed by atoms with E-state index >= 15 is 0 Å². The van der Waals surface area contributed by atoms with Crippen LogP contribution in [0.15, 0.2) is 6.07 Å². The van der Waals surface area contributed by atoms with E-state index in [1.54, 1.807) is 6.92 Å². The van der Waals surface area contributed by atoms with Crippen molar-refractivity contribution in [1.29, 1.82) is 0 Å². The molecule has 12 nitrogen and oxygen atoms in total. The summed E-state index contributed by atoms with van der Waals surface area (Å²) in [5.74, 6) is -1.81. The number of halogens is 2. The summed E-state index contributed by atoms with van der Waals surface area (Å²) >= 11 is 1.51. The number of rotatable bonds is 21. The molecule has 5 atom stereocenters. The number of ether oxygens (including phenoxy) is 1. The lowest BCUT2D eigenvalue weighted by Gasteiger charge is -2.30. The Kier molecular flexibility index (Phi) is 18.8. The van der Waals surface area contributed by atoms with Crippen molar-refractivity contribution in [2.45, 2.75) is 111 Å². The van der Waals surface area contributed by atoms with Gasteiger partial charge in [0.2, 0.25) is 17.7 Å². The smallest absolute Gasteiger partial charge is 0.409 e. The zero-order chi connectivity index (χ0) is 35.0. The number of aliphatic hydroxyl groups is 1. The number of alkyl carbamates (subject to hydrolysis) is 1. The molecule has 0 saturated heterocycles. The topological polar surface area (TPSA) is 164 Å². The molecule has 0 aromatic carbocycles. The maximum atomic E-state index is 13.4. The van der Waals surface area contributed by atoms with Crippen LogP contribution in [0.4, 0.5) is 13.6 Å². The maximum Gasteiger partial charge on any atom is 0.409 e. The highest BCUT2D eigenvalue weighted by molar-refractivity contribution is 7.98. The Hall–Kier alpha value is -2.94. The second-order valence-electron chi connectivity index (χ2n) is 12.6. The molecule has 4 amide bonds. The number of aliphatic hydroxyl groups excluding tert-OH is 1. The number of thioether (sulfide) groups is 1. The number of carbonyl (C=O) groups excluding carboxylic acids is 4. The van der Waals surface area contributed by atoms with Crippen LogP contribution in [0, 0.1) is 31.6 Å². The van der Waals surface area contributed by atoms with Crippen molar-refractivity contribution in [1.82, 2.24) is 31.0 Å². The Bertz CT molecular complexity index is 1100. The van der Waals surface area contributed by atoms with Gasteiger partial charge in [-0.3, -0.25) is 14.4 Å². The summed E-state index contributed by atoms with van der Waals surface area (Å²) in [7, 11) is 0. The van der Waals surface area contributed by atoms with Gasteiger partial charge in [-0.2, -0.15) is 16.9 Å². The highest BCUT2D eigenvalue weighted by Crippen LogP contribution is 2.17. The number of amides is 4. The minimum absolute atomic E-state index is 0.000558. The molecule has 0 unspecified atom stereocenters. The molecule has 0 aliphatic heterocycles. The van der Waals surface area contributed by atoms with Gasteiger partial charge in [0.05, 0.1) is 23.9 Å². The van der Waals surface area contributed by atoms with E-state index in [0.29, 0.717) is 18.6 Å². The fourth-order valence-electron chi connectivity index (χ4n) is 4.79. The molecule has 1 aromatic heterocycles. The van der Waals surface area contributed by atoms with Crippen LogP contribution < -0.4 is 21.3 Å². The van der Waals surface area contributed by atoms with E-state index in [2.05, 4.69) is 26.4 Å². The van der Waals surface area contributed by atoms with E-state index in [1.807, 2.05) is 53.9 Å². The normalized spacial score (nSPS) is 14.8. The van der Waals surface area contributed by atoms with E-state index < -0.39 is 73.4 Å². The minimum Gasteiger partial charge on any atom is -0.426 e. The molecule has 15 heteroatoms. The van der Waals surface area contributed by atoms with E-state index in [9.17, 15) is 33.1 Å². The molecular formula is C31H54F2N6O6S. The number of aryl methyl sites for hydroxylation is 2. The predicted octanol–water partition coefficient (Wildman–Crippen LogP) is 3.18. The Labute approximate surface area is 275 Å². The fraction of sp³-hybridized carbons (Fsp3) is 0.774. The lowest BCUT2D eigenvalue weighted by Crippen LogP contribution is -2.54. The lowest BCUT2D eigenvalue weighted by atomic mass is 9.91.